The van der Waals surface area contributed by atoms with Crippen LogP contribution < -0.4 is 5.32 Å². The highest BCUT2D eigenvalue weighted by Crippen LogP contribution is 2.33. The van der Waals surface area contributed by atoms with Gasteiger partial charge in [0.15, 0.2) is 0 Å². The molecule has 4 heteroatoms. The Morgan fingerprint density at radius 2 is 2.20 bits per heavy atom. The molecule has 3 unspecified atom stereocenters. The lowest BCUT2D eigenvalue weighted by Gasteiger charge is -2.40. The van der Waals surface area contributed by atoms with Gasteiger partial charge in [0.05, 0.1) is 6.07 Å². The Morgan fingerprint density at radius 3 is 2.80 bits per heavy atom. The summed E-state index contributed by atoms with van der Waals surface area (Å²) in [6.45, 7) is 5.50. The van der Waals surface area contributed by atoms with E-state index >= 15 is 0 Å². The third kappa shape index (κ3) is 3.52. The fourth-order valence-electron chi connectivity index (χ4n) is 3.74. The van der Waals surface area contributed by atoms with Crippen LogP contribution in [0.1, 0.15) is 45.4 Å². The first-order valence-electron chi connectivity index (χ1n) is 8.17. The first-order valence-corrected chi connectivity index (χ1v) is 8.17. The molecule has 2 fully saturated rings. The molecule has 4 nitrogen and oxygen atoms in total. The monoisotopic (exact) mass is 278 g/mol. The fourth-order valence-corrected chi connectivity index (χ4v) is 3.74. The summed E-state index contributed by atoms with van der Waals surface area (Å²) in [5.74, 6) is 0. The Morgan fingerprint density at radius 1 is 1.40 bits per heavy atom. The van der Waals surface area contributed by atoms with Crippen molar-refractivity contribution in [3.05, 3.63) is 0 Å². The predicted octanol–water partition coefficient (Wildman–Crippen LogP) is 1.83. The van der Waals surface area contributed by atoms with Crippen LogP contribution >= 0.6 is 0 Å². The second kappa shape index (κ2) is 6.89. The van der Waals surface area contributed by atoms with Gasteiger partial charge in [-0.2, -0.15) is 5.26 Å². The third-order valence-electron chi connectivity index (χ3n) is 5.09. The molecule has 0 radical (unpaired) electrons. The zero-order valence-corrected chi connectivity index (χ0v) is 13.4. The Balaban J connectivity index is 1.95. The molecule has 0 aromatic heterocycles. The van der Waals surface area contributed by atoms with E-state index in [2.05, 4.69) is 42.2 Å². The van der Waals surface area contributed by atoms with E-state index in [1.807, 2.05) is 0 Å². The summed E-state index contributed by atoms with van der Waals surface area (Å²) in [6.07, 6.45) is 6.83. The molecule has 0 aromatic carbocycles. The first-order chi connectivity index (χ1) is 9.60. The predicted molar refractivity (Wildman–Crippen MR) is 82.6 cm³/mol. The van der Waals surface area contributed by atoms with Crippen molar-refractivity contribution in [2.75, 3.05) is 33.7 Å². The van der Waals surface area contributed by atoms with Crippen LogP contribution in [0.3, 0.4) is 0 Å². The minimum atomic E-state index is -0.269. The molecule has 2 rings (SSSR count). The van der Waals surface area contributed by atoms with Crippen LogP contribution in [0.2, 0.25) is 0 Å². The van der Waals surface area contributed by atoms with Crippen LogP contribution in [0.4, 0.5) is 0 Å². The lowest BCUT2D eigenvalue weighted by molar-refractivity contribution is 0.135. The first kappa shape index (κ1) is 15.8. The molecule has 1 saturated carbocycles. The van der Waals surface area contributed by atoms with E-state index in [9.17, 15) is 5.26 Å². The maximum absolute atomic E-state index is 9.63. The standard InChI is InChI=1S/C16H30N4/c1-4-9-18-16(13-17)8-5-6-14(11-16)20-10-7-15(12-20)19(2)3/h14-15,18H,4-12H2,1-3H3. The third-order valence-corrected chi connectivity index (χ3v) is 5.09. The molecule has 1 aliphatic heterocycles. The van der Waals surface area contributed by atoms with Gasteiger partial charge in [0, 0.05) is 25.2 Å². The average molecular weight is 278 g/mol. The summed E-state index contributed by atoms with van der Waals surface area (Å²) in [5.41, 5.74) is -0.269. The summed E-state index contributed by atoms with van der Waals surface area (Å²) < 4.78 is 0. The lowest BCUT2D eigenvalue weighted by Crippen LogP contribution is -2.53. The summed E-state index contributed by atoms with van der Waals surface area (Å²) in [4.78, 5) is 4.97. The highest BCUT2D eigenvalue weighted by atomic mass is 15.2. The molecule has 20 heavy (non-hydrogen) atoms. The van der Waals surface area contributed by atoms with Gasteiger partial charge >= 0.3 is 0 Å². The molecule has 1 N–H and O–H groups in total. The van der Waals surface area contributed by atoms with Crippen LogP contribution in [0.25, 0.3) is 0 Å². The van der Waals surface area contributed by atoms with Crippen molar-refractivity contribution < 1.29 is 0 Å². The van der Waals surface area contributed by atoms with Crippen LogP contribution in [-0.4, -0.2) is 61.2 Å². The van der Waals surface area contributed by atoms with Crippen LogP contribution in [-0.2, 0) is 0 Å². The highest BCUT2D eigenvalue weighted by molar-refractivity contribution is 5.11. The van der Waals surface area contributed by atoms with Crippen molar-refractivity contribution in [3.8, 4) is 6.07 Å². The second-order valence-electron chi connectivity index (χ2n) is 6.77. The van der Waals surface area contributed by atoms with Gasteiger partial charge in [-0.3, -0.25) is 10.2 Å². The zero-order chi connectivity index (χ0) is 14.6. The van der Waals surface area contributed by atoms with Crippen molar-refractivity contribution in [2.24, 2.45) is 0 Å². The van der Waals surface area contributed by atoms with Crippen LogP contribution in [0.5, 0.6) is 0 Å². The number of nitrogens with zero attached hydrogens (tertiary/aromatic N) is 3. The normalized spacial score (nSPS) is 35.4. The van der Waals surface area contributed by atoms with E-state index < -0.39 is 0 Å². The molecular weight excluding hydrogens is 248 g/mol. The SMILES string of the molecule is CCCNC1(C#N)CCCC(N2CCC(N(C)C)C2)C1. The fraction of sp³-hybridized carbons (Fsp3) is 0.938. The lowest BCUT2D eigenvalue weighted by atomic mass is 9.79. The molecule has 0 spiro atoms. The number of hydrogen-bond acceptors (Lipinski definition) is 4. The van der Waals surface area contributed by atoms with Crippen LogP contribution in [0, 0.1) is 11.3 Å². The molecule has 2 aliphatic rings. The van der Waals surface area contributed by atoms with Gasteiger partial charge in [-0.1, -0.05) is 6.92 Å². The van der Waals surface area contributed by atoms with E-state index in [-0.39, 0.29) is 5.54 Å². The van der Waals surface area contributed by atoms with Gasteiger partial charge in [-0.15, -0.1) is 0 Å². The van der Waals surface area contributed by atoms with Gasteiger partial charge in [0.2, 0.25) is 0 Å². The molecule has 1 aliphatic carbocycles. The van der Waals surface area contributed by atoms with Crippen molar-refractivity contribution in [1.82, 2.24) is 15.1 Å². The zero-order valence-electron chi connectivity index (χ0n) is 13.4. The van der Waals surface area contributed by atoms with Crippen molar-refractivity contribution in [1.29, 1.82) is 5.26 Å². The molecule has 1 saturated heterocycles. The highest BCUT2D eigenvalue weighted by Gasteiger charge is 2.40. The van der Waals surface area contributed by atoms with Gasteiger partial charge in [-0.05, 0) is 59.2 Å². The molecule has 1 heterocycles. The van der Waals surface area contributed by atoms with Gasteiger partial charge in [-0.25, -0.2) is 0 Å². The Labute approximate surface area is 124 Å². The maximum Gasteiger partial charge on any atom is 0.108 e. The van der Waals surface area contributed by atoms with Gasteiger partial charge in [0.25, 0.3) is 0 Å². The minimum Gasteiger partial charge on any atom is -0.305 e. The Hall–Kier alpha value is -0.630. The number of likely N-dealkylation sites (N-methyl/N-ethyl adjacent to an activating group) is 1. The quantitative estimate of drug-likeness (QED) is 0.833. The molecule has 0 amide bonds. The Bertz CT molecular complexity index is 349. The van der Waals surface area contributed by atoms with Crippen molar-refractivity contribution in [3.63, 3.8) is 0 Å². The topological polar surface area (TPSA) is 42.3 Å². The second-order valence-corrected chi connectivity index (χ2v) is 6.77. The van der Waals surface area contributed by atoms with E-state index in [4.69, 9.17) is 0 Å². The van der Waals surface area contributed by atoms with E-state index in [1.165, 1.54) is 32.4 Å². The van der Waals surface area contributed by atoms with E-state index in [0.29, 0.717) is 12.1 Å². The van der Waals surface area contributed by atoms with E-state index in [1.54, 1.807) is 0 Å². The van der Waals surface area contributed by atoms with Gasteiger partial charge < -0.3 is 4.90 Å². The van der Waals surface area contributed by atoms with Crippen molar-refractivity contribution >= 4 is 0 Å². The van der Waals surface area contributed by atoms with E-state index in [0.717, 1.165) is 25.8 Å². The number of nitrogens with one attached hydrogen (secondary N) is 1. The molecule has 114 valence electrons. The van der Waals surface area contributed by atoms with Gasteiger partial charge in [0.1, 0.15) is 5.54 Å². The molecule has 0 aromatic rings. The summed E-state index contributed by atoms with van der Waals surface area (Å²) in [7, 11) is 4.36. The Kier molecular flexibility index (Phi) is 5.42. The number of likely N-dealkylation sites (tertiary alicyclic amines) is 1. The minimum absolute atomic E-state index is 0.269. The summed E-state index contributed by atoms with van der Waals surface area (Å²) in [6, 6.07) is 3.88. The number of nitriles is 1. The number of hydrogen-bond donors (Lipinski definition) is 1. The van der Waals surface area contributed by atoms with Crippen molar-refractivity contribution in [2.45, 2.75) is 63.1 Å². The average Bonchev–Trinajstić information content (AvgIpc) is 2.95. The van der Waals surface area contributed by atoms with Crippen LogP contribution in [0.15, 0.2) is 0 Å². The smallest absolute Gasteiger partial charge is 0.108 e. The summed E-state index contributed by atoms with van der Waals surface area (Å²) >= 11 is 0. The molecule has 0 bridgehead atoms. The number of rotatable bonds is 5. The maximum atomic E-state index is 9.63. The summed E-state index contributed by atoms with van der Waals surface area (Å²) in [5, 5.41) is 13.2. The largest absolute Gasteiger partial charge is 0.305 e. The molecule has 3 atom stereocenters. The molecular formula is C16H30N4.